The maximum Gasteiger partial charge on any atom is 0.229 e. The molecule has 114 valence electrons. The first-order chi connectivity index (χ1) is 9.61. The fourth-order valence-electron chi connectivity index (χ4n) is 2.68. The average molecular weight is 281 g/mol. The van der Waals surface area contributed by atoms with Gasteiger partial charge in [0.25, 0.3) is 0 Å². The number of hydrogen-bond donors (Lipinski definition) is 1. The molecule has 0 radical (unpaired) electrons. The van der Waals surface area contributed by atoms with Gasteiger partial charge < -0.3 is 15.2 Å². The number of likely N-dealkylation sites (N-methyl/N-ethyl adjacent to an activating group) is 2. The molecular formula is C14H27N5O. The van der Waals surface area contributed by atoms with E-state index in [1.165, 1.54) is 6.42 Å². The van der Waals surface area contributed by atoms with Crippen LogP contribution < -0.4 is 5.73 Å². The summed E-state index contributed by atoms with van der Waals surface area (Å²) in [6.07, 6.45) is 3.17. The molecule has 2 rings (SSSR count). The Hall–Kier alpha value is -0.980. The van der Waals surface area contributed by atoms with Crippen molar-refractivity contribution in [1.82, 2.24) is 19.9 Å². The van der Waals surface area contributed by atoms with Gasteiger partial charge in [0, 0.05) is 12.5 Å². The van der Waals surface area contributed by atoms with Crippen LogP contribution in [0.1, 0.15) is 49.9 Å². The Kier molecular flexibility index (Phi) is 5.51. The normalized spacial score (nSPS) is 23.7. The predicted molar refractivity (Wildman–Crippen MR) is 78.5 cm³/mol. The van der Waals surface area contributed by atoms with Crippen molar-refractivity contribution in [2.45, 2.75) is 38.1 Å². The second kappa shape index (κ2) is 7.15. The summed E-state index contributed by atoms with van der Waals surface area (Å²) in [6.45, 7) is 5.98. The van der Waals surface area contributed by atoms with Crippen LogP contribution >= 0.6 is 0 Å². The molecule has 0 aromatic carbocycles. The average Bonchev–Trinajstić information content (AvgIpc) is 2.85. The Morgan fingerprint density at radius 1 is 1.40 bits per heavy atom. The van der Waals surface area contributed by atoms with Gasteiger partial charge in [0.15, 0.2) is 5.82 Å². The molecule has 1 aliphatic heterocycles. The highest BCUT2D eigenvalue weighted by Gasteiger charge is 2.27. The highest BCUT2D eigenvalue weighted by Crippen LogP contribution is 2.24. The molecule has 0 spiro atoms. The van der Waals surface area contributed by atoms with Gasteiger partial charge in [-0.15, -0.1) is 0 Å². The minimum Gasteiger partial charge on any atom is -0.339 e. The summed E-state index contributed by atoms with van der Waals surface area (Å²) in [6, 6.07) is 0.224. The van der Waals surface area contributed by atoms with Crippen LogP contribution in [0.4, 0.5) is 0 Å². The SMILES string of the molecule is CC(CCCN)c1nc(C2CN(C)CCCN2C)no1. The van der Waals surface area contributed by atoms with Gasteiger partial charge in [-0.25, -0.2) is 0 Å². The Labute approximate surface area is 121 Å². The summed E-state index contributed by atoms with van der Waals surface area (Å²) in [5, 5.41) is 4.21. The van der Waals surface area contributed by atoms with Crippen molar-refractivity contribution in [3.63, 3.8) is 0 Å². The molecular weight excluding hydrogens is 254 g/mol. The summed E-state index contributed by atoms with van der Waals surface area (Å²) in [4.78, 5) is 9.28. The molecule has 1 aromatic rings. The third-order valence-corrected chi connectivity index (χ3v) is 4.09. The van der Waals surface area contributed by atoms with Gasteiger partial charge in [-0.3, -0.25) is 4.90 Å². The Morgan fingerprint density at radius 3 is 2.95 bits per heavy atom. The van der Waals surface area contributed by atoms with Crippen molar-refractivity contribution in [3.05, 3.63) is 11.7 Å². The molecule has 6 heteroatoms. The number of aromatic nitrogens is 2. The minimum absolute atomic E-state index is 0.224. The number of hydrogen-bond acceptors (Lipinski definition) is 6. The summed E-state index contributed by atoms with van der Waals surface area (Å²) >= 11 is 0. The van der Waals surface area contributed by atoms with Gasteiger partial charge in [-0.05, 0) is 53.0 Å². The maximum atomic E-state index is 5.55. The Balaban J connectivity index is 2.06. The second-order valence-electron chi connectivity index (χ2n) is 5.93. The zero-order chi connectivity index (χ0) is 14.5. The molecule has 2 unspecified atom stereocenters. The van der Waals surface area contributed by atoms with Gasteiger partial charge in [0.2, 0.25) is 5.89 Å². The van der Waals surface area contributed by atoms with E-state index in [-0.39, 0.29) is 12.0 Å². The minimum atomic E-state index is 0.224. The lowest BCUT2D eigenvalue weighted by Crippen LogP contribution is -2.31. The molecule has 1 fully saturated rings. The highest BCUT2D eigenvalue weighted by atomic mass is 16.5. The first-order valence-corrected chi connectivity index (χ1v) is 7.54. The highest BCUT2D eigenvalue weighted by molar-refractivity contribution is 4.99. The standard InChI is InChI=1S/C14H27N5O/c1-11(6-4-7-15)14-16-13(17-20-14)12-10-18(2)8-5-9-19(12)3/h11-12H,4-10,15H2,1-3H3. The van der Waals surface area contributed by atoms with Crippen LogP contribution in [0, 0.1) is 0 Å². The first kappa shape index (κ1) is 15.4. The van der Waals surface area contributed by atoms with Crippen LogP contribution in [-0.2, 0) is 0 Å². The van der Waals surface area contributed by atoms with Crippen molar-refractivity contribution >= 4 is 0 Å². The van der Waals surface area contributed by atoms with E-state index in [9.17, 15) is 0 Å². The van der Waals surface area contributed by atoms with Gasteiger partial charge >= 0.3 is 0 Å². The smallest absolute Gasteiger partial charge is 0.229 e. The van der Waals surface area contributed by atoms with Crippen LogP contribution in [0.3, 0.4) is 0 Å². The topological polar surface area (TPSA) is 71.4 Å². The number of nitrogens with two attached hydrogens (primary N) is 1. The van der Waals surface area contributed by atoms with E-state index >= 15 is 0 Å². The molecule has 2 N–H and O–H groups in total. The van der Waals surface area contributed by atoms with Gasteiger partial charge in [-0.2, -0.15) is 4.98 Å². The van der Waals surface area contributed by atoms with E-state index in [1.807, 2.05) is 0 Å². The molecule has 2 atom stereocenters. The van der Waals surface area contributed by atoms with Crippen molar-refractivity contribution in [2.24, 2.45) is 5.73 Å². The quantitative estimate of drug-likeness (QED) is 0.875. The number of nitrogens with zero attached hydrogens (tertiary/aromatic N) is 4. The Bertz CT molecular complexity index is 408. The largest absolute Gasteiger partial charge is 0.339 e. The monoisotopic (exact) mass is 281 g/mol. The molecule has 1 aliphatic rings. The summed E-state index contributed by atoms with van der Waals surface area (Å²) in [7, 11) is 4.29. The van der Waals surface area contributed by atoms with E-state index in [0.29, 0.717) is 6.54 Å². The molecule has 0 amide bonds. The van der Waals surface area contributed by atoms with E-state index in [4.69, 9.17) is 10.3 Å². The lowest BCUT2D eigenvalue weighted by Gasteiger charge is -2.24. The van der Waals surface area contributed by atoms with Crippen LogP contribution in [0.25, 0.3) is 0 Å². The predicted octanol–water partition coefficient (Wildman–Crippen LogP) is 1.22. The molecule has 0 aliphatic carbocycles. The van der Waals surface area contributed by atoms with Crippen LogP contribution in [0.5, 0.6) is 0 Å². The molecule has 0 bridgehead atoms. The third-order valence-electron chi connectivity index (χ3n) is 4.09. The van der Waals surface area contributed by atoms with E-state index in [1.54, 1.807) is 0 Å². The Morgan fingerprint density at radius 2 is 2.20 bits per heavy atom. The molecule has 1 aromatic heterocycles. The fraction of sp³-hybridized carbons (Fsp3) is 0.857. The number of rotatable bonds is 5. The van der Waals surface area contributed by atoms with E-state index in [0.717, 1.165) is 44.2 Å². The van der Waals surface area contributed by atoms with E-state index in [2.05, 4.69) is 41.0 Å². The van der Waals surface area contributed by atoms with Crippen molar-refractivity contribution < 1.29 is 4.52 Å². The van der Waals surface area contributed by atoms with Crippen LogP contribution in [-0.4, -0.2) is 60.2 Å². The first-order valence-electron chi connectivity index (χ1n) is 7.54. The zero-order valence-electron chi connectivity index (χ0n) is 12.9. The van der Waals surface area contributed by atoms with Gasteiger partial charge in [-0.1, -0.05) is 12.1 Å². The fourth-order valence-corrected chi connectivity index (χ4v) is 2.68. The molecule has 1 saturated heterocycles. The van der Waals surface area contributed by atoms with Gasteiger partial charge in [0.1, 0.15) is 0 Å². The molecule has 0 saturated carbocycles. The molecule has 6 nitrogen and oxygen atoms in total. The third kappa shape index (κ3) is 3.77. The van der Waals surface area contributed by atoms with E-state index < -0.39 is 0 Å². The molecule has 2 heterocycles. The summed E-state index contributed by atoms with van der Waals surface area (Å²) < 4.78 is 5.45. The van der Waals surface area contributed by atoms with Crippen LogP contribution in [0.15, 0.2) is 4.52 Å². The summed E-state index contributed by atoms with van der Waals surface area (Å²) in [5.74, 6) is 1.85. The summed E-state index contributed by atoms with van der Waals surface area (Å²) in [5.41, 5.74) is 5.55. The van der Waals surface area contributed by atoms with Gasteiger partial charge in [0.05, 0.1) is 6.04 Å². The second-order valence-corrected chi connectivity index (χ2v) is 5.93. The maximum absolute atomic E-state index is 5.55. The van der Waals surface area contributed by atoms with Crippen LogP contribution in [0.2, 0.25) is 0 Å². The lowest BCUT2D eigenvalue weighted by molar-refractivity contribution is 0.214. The van der Waals surface area contributed by atoms with Crippen molar-refractivity contribution in [1.29, 1.82) is 0 Å². The lowest BCUT2D eigenvalue weighted by atomic mass is 10.1. The molecule has 20 heavy (non-hydrogen) atoms. The zero-order valence-corrected chi connectivity index (χ0v) is 12.9. The van der Waals surface area contributed by atoms with Crippen molar-refractivity contribution in [2.75, 3.05) is 40.3 Å². The van der Waals surface area contributed by atoms with Crippen molar-refractivity contribution in [3.8, 4) is 0 Å².